The minimum Gasteiger partial charge on any atom is -0.325 e. The van der Waals surface area contributed by atoms with Gasteiger partial charge >= 0.3 is 0 Å². The zero-order valence-corrected chi connectivity index (χ0v) is 17.7. The summed E-state index contributed by atoms with van der Waals surface area (Å²) in [6.07, 6.45) is 1.43. The summed E-state index contributed by atoms with van der Waals surface area (Å²) in [5.41, 5.74) is 3.02. The van der Waals surface area contributed by atoms with E-state index in [1.54, 1.807) is 9.42 Å². The molecule has 5 rings (SSSR count). The van der Waals surface area contributed by atoms with Gasteiger partial charge in [0.1, 0.15) is 5.82 Å². The van der Waals surface area contributed by atoms with E-state index in [9.17, 15) is 9.59 Å². The Kier molecular flexibility index (Phi) is 5.03. The van der Waals surface area contributed by atoms with Crippen molar-refractivity contribution in [3.05, 3.63) is 54.4 Å². The van der Waals surface area contributed by atoms with Crippen LogP contribution in [0.3, 0.4) is 0 Å². The molecular weight excluding hydrogens is 412 g/mol. The summed E-state index contributed by atoms with van der Waals surface area (Å²) in [5, 5.41) is 8.88. The number of nitrogens with one attached hydrogen (secondary N) is 1. The number of hydrogen-bond donors (Lipinski definition) is 1. The van der Waals surface area contributed by atoms with Crippen molar-refractivity contribution in [2.24, 2.45) is 0 Å². The fraction of sp³-hybridized carbons (Fsp3) is 0.227. The summed E-state index contributed by atoms with van der Waals surface area (Å²) < 4.78 is 1.69. The summed E-state index contributed by atoms with van der Waals surface area (Å²) >= 11 is 1.31. The average molecular weight is 433 g/mol. The third-order valence-corrected chi connectivity index (χ3v) is 6.03. The van der Waals surface area contributed by atoms with Gasteiger partial charge in [-0.05, 0) is 43.7 Å². The highest BCUT2D eigenvalue weighted by Crippen LogP contribution is 2.26. The first-order chi connectivity index (χ1) is 15.1. The number of carbonyl (C=O) groups is 2. The van der Waals surface area contributed by atoms with E-state index >= 15 is 0 Å². The molecule has 1 saturated heterocycles. The molecule has 4 aromatic rings. The molecule has 2 amide bonds. The van der Waals surface area contributed by atoms with Gasteiger partial charge in [-0.25, -0.2) is 9.97 Å². The van der Waals surface area contributed by atoms with Gasteiger partial charge in [0.2, 0.25) is 11.8 Å². The Bertz CT molecular complexity index is 1320. The molecule has 1 fully saturated rings. The summed E-state index contributed by atoms with van der Waals surface area (Å²) in [6.45, 7) is 2.55. The van der Waals surface area contributed by atoms with Gasteiger partial charge in [-0.2, -0.15) is 4.52 Å². The number of rotatable bonds is 5. The zero-order chi connectivity index (χ0) is 21.4. The van der Waals surface area contributed by atoms with Gasteiger partial charge in [0.15, 0.2) is 10.8 Å². The van der Waals surface area contributed by atoms with E-state index in [-0.39, 0.29) is 17.6 Å². The van der Waals surface area contributed by atoms with Crippen molar-refractivity contribution in [2.45, 2.75) is 24.9 Å². The minimum atomic E-state index is -0.158. The van der Waals surface area contributed by atoms with Crippen LogP contribution < -0.4 is 10.2 Å². The number of para-hydroxylation sites is 1. The normalized spacial score (nSPS) is 14.0. The molecule has 0 atom stereocenters. The van der Waals surface area contributed by atoms with Crippen molar-refractivity contribution < 1.29 is 9.59 Å². The Morgan fingerprint density at radius 1 is 1.16 bits per heavy atom. The van der Waals surface area contributed by atoms with Crippen LogP contribution >= 0.6 is 11.8 Å². The highest BCUT2D eigenvalue weighted by molar-refractivity contribution is 7.99. The maximum atomic E-state index is 12.6. The third-order valence-electron chi connectivity index (χ3n) is 5.10. The first-order valence-corrected chi connectivity index (χ1v) is 11.0. The van der Waals surface area contributed by atoms with E-state index in [0.717, 1.165) is 28.7 Å². The molecule has 0 radical (unpaired) electrons. The first kappa shape index (κ1) is 19.5. The van der Waals surface area contributed by atoms with E-state index < -0.39 is 0 Å². The molecule has 0 unspecified atom stereocenters. The molecule has 0 spiro atoms. The van der Waals surface area contributed by atoms with Gasteiger partial charge in [-0.15, -0.1) is 5.10 Å². The molecule has 1 aliphatic rings. The van der Waals surface area contributed by atoms with Gasteiger partial charge in [-0.3, -0.25) is 9.59 Å². The van der Waals surface area contributed by atoms with Gasteiger partial charge in [-0.1, -0.05) is 30.0 Å². The fourth-order valence-electron chi connectivity index (χ4n) is 3.73. The number of aryl methyl sites for hydroxylation is 1. The van der Waals surface area contributed by atoms with Gasteiger partial charge in [0.05, 0.1) is 11.3 Å². The Hall–Kier alpha value is -3.46. The number of fused-ring (bicyclic) bond motifs is 3. The largest absolute Gasteiger partial charge is 0.325 e. The van der Waals surface area contributed by atoms with Crippen molar-refractivity contribution in [3.8, 4) is 0 Å². The van der Waals surface area contributed by atoms with E-state index in [1.807, 2.05) is 55.5 Å². The standard InChI is InChI=1S/C22H20N6O2S/c1-14-23-21-17-8-2-3-9-18(17)25-22(28(21)26-14)31-13-19(29)24-15-6-4-7-16(12-15)27-11-5-10-20(27)30/h2-4,6-9,12H,5,10-11,13H2,1H3,(H,24,29). The van der Waals surface area contributed by atoms with E-state index in [0.29, 0.717) is 29.6 Å². The Labute approximate surface area is 182 Å². The lowest BCUT2D eigenvalue weighted by Gasteiger charge is -2.16. The topological polar surface area (TPSA) is 92.5 Å². The lowest BCUT2D eigenvalue weighted by Crippen LogP contribution is -2.23. The maximum absolute atomic E-state index is 12.6. The predicted molar refractivity (Wildman–Crippen MR) is 120 cm³/mol. The van der Waals surface area contributed by atoms with Crippen LogP contribution in [-0.4, -0.2) is 43.7 Å². The predicted octanol–water partition coefficient (Wildman–Crippen LogP) is 3.44. The van der Waals surface area contributed by atoms with Crippen molar-refractivity contribution in [1.82, 2.24) is 19.6 Å². The monoisotopic (exact) mass is 432 g/mol. The second kappa shape index (κ2) is 7.99. The SMILES string of the molecule is Cc1nc2c3ccccc3nc(SCC(=O)Nc3cccc(N4CCCC4=O)c3)n2n1. The highest BCUT2D eigenvalue weighted by Gasteiger charge is 2.22. The molecule has 156 valence electrons. The number of amides is 2. The highest BCUT2D eigenvalue weighted by atomic mass is 32.2. The van der Waals surface area contributed by atoms with Gasteiger partial charge in [0, 0.05) is 29.7 Å². The average Bonchev–Trinajstić information content (AvgIpc) is 3.37. The maximum Gasteiger partial charge on any atom is 0.234 e. The van der Waals surface area contributed by atoms with E-state index in [1.165, 1.54) is 11.8 Å². The van der Waals surface area contributed by atoms with Gasteiger partial charge < -0.3 is 10.2 Å². The molecule has 0 saturated carbocycles. The van der Waals surface area contributed by atoms with Crippen molar-refractivity contribution >= 4 is 51.5 Å². The number of carbonyl (C=O) groups excluding carboxylic acids is 2. The van der Waals surface area contributed by atoms with Crippen molar-refractivity contribution in [2.75, 3.05) is 22.5 Å². The van der Waals surface area contributed by atoms with Crippen LogP contribution in [0.4, 0.5) is 11.4 Å². The van der Waals surface area contributed by atoms with Crippen LogP contribution in [0.5, 0.6) is 0 Å². The van der Waals surface area contributed by atoms with Crippen molar-refractivity contribution in [1.29, 1.82) is 0 Å². The quantitative estimate of drug-likeness (QED) is 0.384. The second-order valence-corrected chi connectivity index (χ2v) is 8.28. The third kappa shape index (κ3) is 3.84. The molecule has 9 heteroatoms. The number of benzene rings is 2. The summed E-state index contributed by atoms with van der Waals surface area (Å²) in [4.78, 5) is 35.5. The summed E-state index contributed by atoms with van der Waals surface area (Å²) in [5.74, 6) is 0.785. The van der Waals surface area contributed by atoms with Crippen LogP contribution in [0.1, 0.15) is 18.7 Å². The van der Waals surface area contributed by atoms with Crippen LogP contribution in [0.25, 0.3) is 16.6 Å². The van der Waals surface area contributed by atoms with E-state index in [2.05, 4.69) is 20.4 Å². The molecule has 2 aromatic carbocycles. The Morgan fingerprint density at radius 2 is 2.03 bits per heavy atom. The molecule has 2 aromatic heterocycles. The number of aromatic nitrogens is 4. The second-order valence-electron chi connectivity index (χ2n) is 7.34. The van der Waals surface area contributed by atoms with Crippen LogP contribution in [0.15, 0.2) is 53.7 Å². The lowest BCUT2D eigenvalue weighted by atomic mass is 10.2. The van der Waals surface area contributed by atoms with E-state index in [4.69, 9.17) is 0 Å². The number of anilines is 2. The Morgan fingerprint density at radius 3 is 2.87 bits per heavy atom. The van der Waals surface area contributed by atoms with Crippen LogP contribution in [0.2, 0.25) is 0 Å². The molecule has 0 aliphatic carbocycles. The van der Waals surface area contributed by atoms with Crippen LogP contribution in [-0.2, 0) is 9.59 Å². The number of hydrogen-bond acceptors (Lipinski definition) is 6. The zero-order valence-electron chi connectivity index (χ0n) is 16.9. The number of nitrogens with zero attached hydrogens (tertiary/aromatic N) is 5. The molecule has 3 heterocycles. The van der Waals surface area contributed by atoms with Gasteiger partial charge in [0.25, 0.3) is 0 Å². The molecule has 1 N–H and O–H groups in total. The Balaban J connectivity index is 1.33. The number of thioether (sulfide) groups is 1. The fourth-order valence-corrected chi connectivity index (χ4v) is 4.47. The molecule has 1 aliphatic heterocycles. The molecule has 8 nitrogen and oxygen atoms in total. The lowest BCUT2D eigenvalue weighted by molar-refractivity contribution is -0.117. The molecule has 0 bridgehead atoms. The van der Waals surface area contributed by atoms with Crippen LogP contribution in [0, 0.1) is 6.92 Å². The molecular formula is C22H20N6O2S. The molecule has 31 heavy (non-hydrogen) atoms. The summed E-state index contributed by atoms with van der Waals surface area (Å²) in [6, 6.07) is 15.1. The summed E-state index contributed by atoms with van der Waals surface area (Å²) in [7, 11) is 0. The minimum absolute atomic E-state index is 0.119. The first-order valence-electron chi connectivity index (χ1n) is 10.0. The van der Waals surface area contributed by atoms with Crippen molar-refractivity contribution in [3.63, 3.8) is 0 Å². The smallest absolute Gasteiger partial charge is 0.234 e.